The highest BCUT2D eigenvalue weighted by molar-refractivity contribution is 5.94. The van der Waals surface area contributed by atoms with Crippen LogP contribution in [0.5, 0.6) is 0 Å². The molecule has 8 heteroatoms. The Kier molecular flexibility index (Phi) is 6.02. The van der Waals surface area contributed by atoms with Gasteiger partial charge in [0.15, 0.2) is 5.58 Å². The molecule has 1 fully saturated rings. The summed E-state index contributed by atoms with van der Waals surface area (Å²) in [7, 11) is 0. The molecule has 1 N–H and O–H groups in total. The molecule has 33 heavy (non-hydrogen) atoms. The standard InChI is InChI=1S/C25H27N3O5/c1-2-28-21-6-5-20(13-23(21)33-25(28)30)26-24(29)15-27-8-10-31-16-18(14-27)11-17-3-4-19-7-9-32-22(19)12-17/h3-7,9,12-13,18H,2,8,10-11,14-16H2,1H3,(H,26,29)/t18-/m1/s1. The van der Waals surface area contributed by atoms with E-state index in [1.807, 2.05) is 13.0 Å². The largest absolute Gasteiger partial charge is 0.464 e. The van der Waals surface area contributed by atoms with Gasteiger partial charge in [0, 0.05) is 36.8 Å². The number of nitrogens with one attached hydrogen (secondary N) is 1. The number of furan rings is 1. The maximum absolute atomic E-state index is 12.7. The Morgan fingerprint density at radius 2 is 2.06 bits per heavy atom. The Balaban J connectivity index is 1.22. The van der Waals surface area contributed by atoms with Crippen LogP contribution < -0.4 is 11.1 Å². The number of ether oxygens (including phenoxy) is 1. The molecule has 8 nitrogen and oxygen atoms in total. The second kappa shape index (κ2) is 9.25. The number of nitrogens with zero attached hydrogens (tertiary/aromatic N) is 2. The number of carbonyl (C=O) groups excluding carboxylic acids is 1. The van der Waals surface area contributed by atoms with E-state index in [4.69, 9.17) is 13.6 Å². The molecule has 0 bridgehead atoms. The van der Waals surface area contributed by atoms with Gasteiger partial charge in [0.1, 0.15) is 5.58 Å². The highest BCUT2D eigenvalue weighted by Gasteiger charge is 2.21. The molecule has 2 aromatic carbocycles. The van der Waals surface area contributed by atoms with Crippen LogP contribution >= 0.6 is 0 Å². The zero-order chi connectivity index (χ0) is 22.8. The lowest BCUT2D eigenvalue weighted by molar-refractivity contribution is -0.117. The zero-order valence-corrected chi connectivity index (χ0v) is 18.6. The van der Waals surface area contributed by atoms with E-state index in [0.717, 1.165) is 29.5 Å². The van der Waals surface area contributed by atoms with Crippen molar-refractivity contribution >= 4 is 33.7 Å². The van der Waals surface area contributed by atoms with Crippen molar-refractivity contribution in [2.24, 2.45) is 5.92 Å². The van der Waals surface area contributed by atoms with E-state index in [-0.39, 0.29) is 18.4 Å². The third-order valence-electron chi connectivity index (χ3n) is 6.10. The number of hydrogen-bond acceptors (Lipinski definition) is 6. The fourth-order valence-corrected chi connectivity index (χ4v) is 4.53. The molecular weight excluding hydrogens is 422 g/mol. The Morgan fingerprint density at radius 1 is 1.15 bits per heavy atom. The summed E-state index contributed by atoms with van der Waals surface area (Å²) in [5.41, 5.74) is 3.89. The monoisotopic (exact) mass is 449 g/mol. The van der Waals surface area contributed by atoms with Gasteiger partial charge in [-0.15, -0.1) is 0 Å². The highest BCUT2D eigenvalue weighted by atomic mass is 16.5. The Hall–Kier alpha value is -3.36. The molecular formula is C25H27N3O5. The quantitative estimate of drug-likeness (QED) is 0.485. The van der Waals surface area contributed by atoms with E-state index in [1.165, 1.54) is 5.56 Å². The molecule has 2 aromatic heterocycles. The van der Waals surface area contributed by atoms with Gasteiger partial charge in [0.05, 0.1) is 31.5 Å². The molecule has 0 unspecified atom stereocenters. The van der Waals surface area contributed by atoms with E-state index in [9.17, 15) is 9.59 Å². The number of benzene rings is 2. The van der Waals surface area contributed by atoms with Gasteiger partial charge in [-0.2, -0.15) is 0 Å². The number of anilines is 1. The van der Waals surface area contributed by atoms with E-state index in [2.05, 4.69) is 28.4 Å². The van der Waals surface area contributed by atoms with E-state index in [1.54, 1.807) is 29.0 Å². The Morgan fingerprint density at radius 3 is 2.94 bits per heavy atom. The molecule has 4 aromatic rings. The SMILES string of the molecule is CCn1c(=O)oc2cc(NC(=O)CN3CCOC[C@H](Cc4ccc5ccoc5c4)C3)ccc21. The number of aromatic nitrogens is 1. The van der Waals surface area contributed by atoms with Gasteiger partial charge >= 0.3 is 5.76 Å². The van der Waals surface area contributed by atoms with Crippen LogP contribution in [0.3, 0.4) is 0 Å². The zero-order valence-electron chi connectivity index (χ0n) is 18.6. The van der Waals surface area contributed by atoms with Crippen molar-refractivity contribution in [1.82, 2.24) is 9.47 Å². The molecule has 0 saturated carbocycles. The van der Waals surface area contributed by atoms with Crippen molar-refractivity contribution < 1.29 is 18.4 Å². The van der Waals surface area contributed by atoms with Crippen molar-refractivity contribution in [3.63, 3.8) is 0 Å². The van der Waals surface area contributed by atoms with Crippen molar-refractivity contribution in [2.45, 2.75) is 19.9 Å². The summed E-state index contributed by atoms with van der Waals surface area (Å²) in [5, 5.41) is 4.02. The summed E-state index contributed by atoms with van der Waals surface area (Å²) < 4.78 is 18.2. The molecule has 5 rings (SSSR count). The number of aryl methyl sites for hydroxylation is 1. The number of rotatable bonds is 6. The first kappa shape index (κ1) is 21.5. The van der Waals surface area contributed by atoms with Crippen LogP contribution in [-0.4, -0.2) is 48.2 Å². The molecule has 1 saturated heterocycles. The summed E-state index contributed by atoms with van der Waals surface area (Å²) in [5.74, 6) is -0.214. The summed E-state index contributed by atoms with van der Waals surface area (Å²) in [6.45, 7) is 5.44. The third kappa shape index (κ3) is 4.72. The van der Waals surface area contributed by atoms with E-state index >= 15 is 0 Å². The number of oxazole rings is 1. The predicted octanol–water partition coefficient (Wildman–Crippen LogP) is 3.49. The second-order valence-electron chi connectivity index (χ2n) is 8.52. The molecule has 0 radical (unpaired) electrons. The van der Waals surface area contributed by atoms with Crippen LogP contribution in [-0.2, 0) is 22.5 Å². The summed E-state index contributed by atoms with van der Waals surface area (Å²) in [6, 6.07) is 13.5. The van der Waals surface area contributed by atoms with Crippen LogP contribution in [0.4, 0.5) is 5.69 Å². The lowest BCUT2D eigenvalue weighted by Crippen LogP contribution is -2.37. The molecule has 1 aliphatic heterocycles. The minimum absolute atomic E-state index is 0.107. The van der Waals surface area contributed by atoms with Gasteiger partial charge in [-0.05, 0) is 49.1 Å². The normalized spacial score (nSPS) is 17.4. The Labute approximate surface area is 190 Å². The number of carbonyl (C=O) groups is 1. The van der Waals surface area contributed by atoms with Gasteiger partial charge in [0.2, 0.25) is 5.91 Å². The highest BCUT2D eigenvalue weighted by Crippen LogP contribution is 2.21. The lowest BCUT2D eigenvalue weighted by atomic mass is 9.99. The first-order chi connectivity index (χ1) is 16.1. The molecule has 3 heterocycles. The van der Waals surface area contributed by atoms with Crippen LogP contribution in [0.25, 0.3) is 22.1 Å². The van der Waals surface area contributed by atoms with Gasteiger partial charge in [-0.1, -0.05) is 12.1 Å². The smallest absolute Gasteiger partial charge is 0.419 e. The number of fused-ring (bicyclic) bond motifs is 2. The van der Waals surface area contributed by atoms with Crippen molar-refractivity contribution in [2.75, 3.05) is 38.2 Å². The minimum atomic E-state index is -0.391. The Bertz CT molecular complexity index is 1330. The number of amides is 1. The predicted molar refractivity (Wildman–Crippen MR) is 125 cm³/mol. The maximum atomic E-state index is 12.7. The van der Waals surface area contributed by atoms with Gasteiger partial charge in [0.25, 0.3) is 0 Å². The van der Waals surface area contributed by atoms with Crippen molar-refractivity contribution in [3.05, 3.63) is 64.8 Å². The first-order valence-corrected chi connectivity index (χ1v) is 11.3. The average Bonchev–Trinajstić information content (AvgIpc) is 3.31. The first-order valence-electron chi connectivity index (χ1n) is 11.3. The van der Waals surface area contributed by atoms with Gasteiger partial charge < -0.3 is 18.9 Å². The van der Waals surface area contributed by atoms with E-state index < -0.39 is 5.76 Å². The molecule has 1 amide bonds. The second-order valence-corrected chi connectivity index (χ2v) is 8.52. The van der Waals surface area contributed by atoms with Crippen molar-refractivity contribution in [3.8, 4) is 0 Å². The fraction of sp³-hybridized carbons (Fsp3) is 0.360. The van der Waals surface area contributed by atoms with Gasteiger partial charge in [-0.3, -0.25) is 14.3 Å². The molecule has 172 valence electrons. The summed E-state index contributed by atoms with van der Waals surface area (Å²) in [6.07, 6.45) is 2.56. The van der Waals surface area contributed by atoms with Crippen LogP contribution in [0.2, 0.25) is 0 Å². The third-order valence-corrected chi connectivity index (χ3v) is 6.10. The molecule has 1 atom stereocenters. The number of hydrogen-bond donors (Lipinski definition) is 1. The average molecular weight is 450 g/mol. The molecule has 1 aliphatic rings. The maximum Gasteiger partial charge on any atom is 0.419 e. The topological polar surface area (TPSA) is 89.9 Å². The van der Waals surface area contributed by atoms with Crippen LogP contribution in [0.1, 0.15) is 12.5 Å². The molecule has 0 aliphatic carbocycles. The van der Waals surface area contributed by atoms with Crippen LogP contribution in [0.15, 0.2) is 62.4 Å². The lowest BCUT2D eigenvalue weighted by Gasteiger charge is -2.23. The summed E-state index contributed by atoms with van der Waals surface area (Å²) >= 11 is 0. The van der Waals surface area contributed by atoms with Gasteiger partial charge in [-0.25, -0.2) is 4.79 Å². The fourth-order valence-electron chi connectivity index (χ4n) is 4.53. The van der Waals surface area contributed by atoms with Crippen LogP contribution in [0, 0.1) is 5.92 Å². The summed E-state index contributed by atoms with van der Waals surface area (Å²) in [4.78, 5) is 26.8. The minimum Gasteiger partial charge on any atom is -0.464 e. The van der Waals surface area contributed by atoms with Crippen molar-refractivity contribution in [1.29, 1.82) is 0 Å². The molecule has 0 spiro atoms. The van der Waals surface area contributed by atoms with E-state index in [0.29, 0.717) is 37.6 Å².